The van der Waals surface area contributed by atoms with Crippen molar-refractivity contribution in [3.8, 4) is 0 Å². The predicted octanol–water partition coefficient (Wildman–Crippen LogP) is 4.56. The van der Waals surface area contributed by atoms with E-state index in [1.54, 1.807) is 43.0 Å². The van der Waals surface area contributed by atoms with E-state index in [1.807, 2.05) is 24.3 Å². The second-order valence-electron chi connectivity index (χ2n) is 6.38. The van der Waals surface area contributed by atoms with Gasteiger partial charge in [-0.3, -0.25) is 9.59 Å². The van der Waals surface area contributed by atoms with Crippen LogP contribution in [0, 0.1) is 0 Å². The number of amides is 2. The maximum atomic E-state index is 12.7. The van der Waals surface area contributed by atoms with Crippen molar-refractivity contribution in [3.63, 3.8) is 0 Å². The fraction of sp³-hybridized carbons (Fsp3) is 0.333. The van der Waals surface area contributed by atoms with Gasteiger partial charge < -0.3 is 15.4 Å². The summed E-state index contributed by atoms with van der Waals surface area (Å²) in [5.41, 5.74) is 2.06. The number of hydrogen-bond donors (Lipinski definition) is 2. The zero-order valence-corrected chi connectivity index (χ0v) is 16.2. The summed E-state index contributed by atoms with van der Waals surface area (Å²) in [6, 6.07) is 14.7. The summed E-state index contributed by atoms with van der Waals surface area (Å²) >= 11 is 1.66. The van der Waals surface area contributed by atoms with Gasteiger partial charge in [0.2, 0.25) is 5.91 Å². The first-order chi connectivity index (χ1) is 13.2. The van der Waals surface area contributed by atoms with E-state index in [-0.39, 0.29) is 17.9 Å². The highest BCUT2D eigenvalue weighted by Gasteiger charge is 2.18. The molecule has 0 bridgehead atoms. The third kappa shape index (κ3) is 5.58. The van der Waals surface area contributed by atoms with Crippen LogP contribution in [0.3, 0.4) is 0 Å². The van der Waals surface area contributed by atoms with Crippen molar-refractivity contribution in [1.29, 1.82) is 0 Å². The van der Waals surface area contributed by atoms with Crippen LogP contribution in [0.5, 0.6) is 0 Å². The van der Waals surface area contributed by atoms with E-state index in [0.29, 0.717) is 23.4 Å². The molecular formula is C21H24N2O3S. The van der Waals surface area contributed by atoms with E-state index in [0.717, 1.165) is 30.1 Å². The standard InChI is InChI=1S/C21H24N2O3S/c1-2-20(24)22-15-9-11-16(12-10-15)23-21(25)18-7-3-4-8-19(18)27-14-17-6-5-13-26-17/h3-4,7-12,17H,2,5-6,13-14H2,1H3,(H,22,24)(H,23,25). The fourth-order valence-corrected chi connectivity index (χ4v) is 3.94. The molecule has 1 aliphatic rings. The molecule has 142 valence electrons. The lowest BCUT2D eigenvalue weighted by atomic mass is 10.2. The Labute approximate surface area is 163 Å². The van der Waals surface area contributed by atoms with E-state index >= 15 is 0 Å². The molecule has 0 spiro atoms. The van der Waals surface area contributed by atoms with Crippen LogP contribution in [0.2, 0.25) is 0 Å². The molecule has 1 atom stereocenters. The van der Waals surface area contributed by atoms with Gasteiger partial charge in [0.25, 0.3) is 5.91 Å². The van der Waals surface area contributed by atoms with Crippen LogP contribution in [0.1, 0.15) is 36.5 Å². The summed E-state index contributed by atoms with van der Waals surface area (Å²) in [6.45, 7) is 2.64. The molecule has 0 aromatic heterocycles. The number of anilines is 2. The summed E-state index contributed by atoms with van der Waals surface area (Å²) in [5.74, 6) is 0.676. The Kier molecular flexibility index (Phi) is 6.90. The first-order valence-electron chi connectivity index (χ1n) is 9.20. The number of carbonyl (C=O) groups excluding carboxylic acids is 2. The number of rotatable bonds is 7. The highest BCUT2D eigenvalue weighted by atomic mass is 32.2. The fourth-order valence-electron chi connectivity index (χ4n) is 2.82. The van der Waals surface area contributed by atoms with Gasteiger partial charge in [0, 0.05) is 35.1 Å². The quantitative estimate of drug-likeness (QED) is 0.687. The van der Waals surface area contributed by atoms with Crippen molar-refractivity contribution < 1.29 is 14.3 Å². The van der Waals surface area contributed by atoms with Gasteiger partial charge in [-0.1, -0.05) is 19.1 Å². The number of hydrogen-bond acceptors (Lipinski definition) is 4. The Morgan fingerprint density at radius 3 is 2.44 bits per heavy atom. The Balaban J connectivity index is 1.62. The molecule has 1 aliphatic heterocycles. The average molecular weight is 385 g/mol. The van der Waals surface area contributed by atoms with Crippen LogP contribution < -0.4 is 10.6 Å². The van der Waals surface area contributed by atoms with E-state index in [1.165, 1.54) is 0 Å². The number of nitrogens with one attached hydrogen (secondary N) is 2. The maximum Gasteiger partial charge on any atom is 0.256 e. The number of benzene rings is 2. The zero-order chi connectivity index (χ0) is 19.1. The minimum absolute atomic E-state index is 0.0380. The molecule has 5 nitrogen and oxygen atoms in total. The van der Waals surface area contributed by atoms with Crippen molar-refractivity contribution in [2.75, 3.05) is 23.0 Å². The lowest BCUT2D eigenvalue weighted by Gasteiger charge is -2.13. The average Bonchev–Trinajstić information content (AvgIpc) is 3.21. The summed E-state index contributed by atoms with van der Waals surface area (Å²) < 4.78 is 5.67. The topological polar surface area (TPSA) is 67.4 Å². The summed E-state index contributed by atoms with van der Waals surface area (Å²) in [6.07, 6.45) is 2.90. The molecular weight excluding hydrogens is 360 g/mol. The lowest BCUT2D eigenvalue weighted by molar-refractivity contribution is -0.115. The zero-order valence-electron chi connectivity index (χ0n) is 15.4. The van der Waals surface area contributed by atoms with Gasteiger partial charge in [0.15, 0.2) is 0 Å². The van der Waals surface area contributed by atoms with Crippen LogP contribution in [0.15, 0.2) is 53.4 Å². The van der Waals surface area contributed by atoms with Crippen LogP contribution in [0.25, 0.3) is 0 Å². The monoisotopic (exact) mass is 384 g/mol. The molecule has 1 unspecified atom stereocenters. The molecule has 0 aliphatic carbocycles. The lowest BCUT2D eigenvalue weighted by Crippen LogP contribution is -2.14. The molecule has 0 saturated carbocycles. The Hall–Kier alpha value is -2.31. The maximum absolute atomic E-state index is 12.7. The molecule has 0 radical (unpaired) electrons. The van der Waals surface area contributed by atoms with Crippen molar-refractivity contribution in [3.05, 3.63) is 54.1 Å². The Morgan fingerprint density at radius 1 is 1.07 bits per heavy atom. The van der Waals surface area contributed by atoms with Gasteiger partial charge >= 0.3 is 0 Å². The molecule has 3 rings (SSSR count). The van der Waals surface area contributed by atoms with Gasteiger partial charge in [-0.2, -0.15) is 0 Å². The van der Waals surface area contributed by atoms with Gasteiger partial charge in [-0.05, 0) is 49.2 Å². The van der Waals surface area contributed by atoms with Crippen molar-refractivity contribution in [2.24, 2.45) is 0 Å². The van der Waals surface area contributed by atoms with Crippen molar-refractivity contribution in [2.45, 2.75) is 37.2 Å². The highest BCUT2D eigenvalue weighted by Crippen LogP contribution is 2.27. The Morgan fingerprint density at radius 2 is 1.78 bits per heavy atom. The number of thioether (sulfide) groups is 1. The molecule has 1 heterocycles. The van der Waals surface area contributed by atoms with Crippen LogP contribution in [-0.2, 0) is 9.53 Å². The van der Waals surface area contributed by atoms with Crippen LogP contribution in [0.4, 0.5) is 11.4 Å². The van der Waals surface area contributed by atoms with E-state index < -0.39 is 0 Å². The largest absolute Gasteiger partial charge is 0.377 e. The summed E-state index contributed by atoms with van der Waals surface area (Å²) in [7, 11) is 0. The van der Waals surface area contributed by atoms with Gasteiger partial charge in [-0.15, -0.1) is 11.8 Å². The van der Waals surface area contributed by atoms with Crippen molar-refractivity contribution >= 4 is 35.0 Å². The number of ether oxygens (including phenoxy) is 1. The Bertz CT molecular complexity index is 786. The van der Waals surface area contributed by atoms with Crippen molar-refractivity contribution in [1.82, 2.24) is 0 Å². The van der Waals surface area contributed by atoms with Crippen LogP contribution >= 0.6 is 11.8 Å². The molecule has 27 heavy (non-hydrogen) atoms. The summed E-state index contributed by atoms with van der Waals surface area (Å²) in [4.78, 5) is 25.1. The smallest absolute Gasteiger partial charge is 0.256 e. The first-order valence-corrected chi connectivity index (χ1v) is 10.2. The minimum Gasteiger partial charge on any atom is -0.377 e. The minimum atomic E-state index is -0.143. The summed E-state index contributed by atoms with van der Waals surface area (Å²) in [5, 5.41) is 5.71. The number of carbonyl (C=O) groups is 2. The predicted molar refractivity (Wildman–Crippen MR) is 109 cm³/mol. The van der Waals surface area contributed by atoms with E-state index in [9.17, 15) is 9.59 Å². The molecule has 2 aromatic rings. The van der Waals surface area contributed by atoms with Gasteiger partial charge in [0.1, 0.15) is 0 Å². The van der Waals surface area contributed by atoms with E-state index in [2.05, 4.69) is 10.6 Å². The molecule has 6 heteroatoms. The van der Waals surface area contributed by atoms with Crippen LogP contribution in [-0.4, -0.2) is 30.3 Å². The third-order valence-electron chi connectivity index (χ3n) is 4.33. The molecule has 1 fully saturated rings. The third-order valence-corrected chi connectivity index (χ3v) is 5.53. The van der Waals surface area contributed by atoms with Gasteiger partial charge in [0.05, 0.1) is 11.7 Å². The normalized spacial score (nSPS) is 16.1. The molecule has 2 aromatic carbocycles. The SMILES string of the molecule is CCC(=O)Nc1ccc(NC(=O)c2ccccc2SCC2CCCO2)cc1. The highest BCUT2D eigenvalue weighted by molar-refractivity contribution is 7.99. The van der Waals surface area contributed by atoms with E-state index in [4.69, 9.17) is 4.74 Å². The molecule has 2 amide bonds. The second kappa shape index (κ2) is 9.58. The second-order valence-corrected chi connectivity index (χ2v) is 7.44. The molecule has 1 saturated heterocycles. The van der Waals surface area contributed by atoms with Gasteiger partial charge in [-0.25, -0.2) is 0 Å². The molecule has 2 N–H and O–H groups in total. The first kappa shape index (κ1) is 19.5.